The molecule has 2 atom stereocenters. The topological polar surface area (TPSA) is 18.5 Å². The molecule has 2 aliphatic heterocycles. The van der Waals surface area contributed by atoms with Gasteiger partial charge in [0.25, 0.3) is 0 Å². The predicted octanol–water partition coefficient (Wildman–Crippen LogP) is 2.11. The van der Waals surface area contributed by atoms with Crippen molar-refractivity contribution < 1.29 is 9.47 Å². The van der Waals surface area contributed by atoms with E-state index >= 15 is 0 Å². The molecule has 0 radical (unpaired) electrons. The largest absolute Gasteiger partial charge is 0.350 e. The summed E-state index contributed by atoms with van der Waals surface area (Å²) < 4.78 is 11.3. The van der Waals surface area contributed by atoms with Crippen molar-refractivity contribution in [3.05, 3.63) is 12.2 Å². The molecule has 0 aromatic carbocycles. The lowest BCUT2D eigenvalue weighted by Gasteiger charge is -2.20. The normalized spacial score (nSPS) is 40.9. The Morgan fingerprint density at radius 3 is 2.83 bits per heavy atom. The lowest BCUT2D eigenvalue weighted by atomic mass is 9.96. The number of ether oxygens (including phenoxy) is 2. The SMILES string of the molecule is C=C(C)[C@H]1COC2(CCCO2)C1. The fraction of sp³-hybridized carbons (Fsp3) is 0.800. The monoisotopic (exact) mass is 168 g/mol. The van der Waals surface area contributed by atoms with Gasteiger partial charge in [0.2, 0.25) is 0 Å². The van der Waals surface area contributed by atoms with Crippen LogP contribution in [0.5, 0.6) is 0 Å². The van der Waals surface area contributed by atoms with Gasteiger partial charge in [0.15, 0.2) is 5.79 Å². The van der Waals surface area contributed by atoms with E-state index in [1.54, 1.807) is 0 Å². The van der Waals surface area contributed by atoms with Crippen molar-refractivity contribution >= 4 is 0 Å². The van der Waals surface area contributed by atoms with Crippen molar-refractivity contribution in [1.29, 1.82) is 0 Å². The number of rotatable bonds is 1. The molecule has 0 N–H and O–H groups in total. The molecule has 2 saturated heterocycles. The van der Waals surface area contributed by atoms with Crippen molar-refractivity contribution in [2.24, 2.45) is 5.92 Å². The van der Waals surface area contributed by atoms with Crippen LogP contribution in [0.4, 0.5) is 0 Å². The summed E-state index contributed by atoms with van der Waals surface area (Å²) in [6, 6.07) is 0. The van der Waals surface area contributed by atoms with Gasteiger partial charge in [-0.3, -0.25) is 0 Å². The molecule has 0 aromatic rings. The van der Waals surface area contributed by atoms with Gasteiger partial charge in [-0.15, -0.1) is 0 Å². The van der Waals surface area contributed by atoms with E-state index in [4.69, 9.17) is 9.47 Å². The Bertz CT molecular complexity index is 192. The minimum Gasteiger partial charge on any atom is -0.350 e. The van der Waals surface area contributed by atoms with Gasteiger partial charge in [0, 0.05) is 18.8 Å². The minimum absolute atomic E-state index is 0.219. The van der Waals surface area contributed by atoms with Crippen LogP contribution < -0.4 is 0 Å². The molecule has 12 heavy (non-hydrogen) atoms. The molecule has 0 aliphatic carbocycles. The second-order valence-corrected chi connectivity index (χ2v) is 3.92. The first-order chi connectivity index (χ1) is 5.72. The van der Waals surface area contributed by atoms with Gasteiger partial charge in [0.1, 0.15) is 0 Å². The van der Waals surface area contributed by atoms with Gasteiger partial charge in [-0.1, -0.05) is 12.2 Å². The third kappa shape index (κ3) is 1.29. The first-order valence-corrected chi connectivity index (χ1v) is 4.65. The summed E-state index contributed by atoms with van der Waals surface area (Å²) in [6.07, 6.45) is 3.22. The van der Waals surface area contributed by atoms with E-state index in [0.29, 0.717) is 5.92 Å². The van der Waals surface area contributed by atoms with Crippen LogP contribution in [0.3, 0.4) is 0 Å². The number of hydrogen-bond donors (Lipinski definition) is 0. The summed E-state index contributed by atoms with van der Waals surface area (Å²) in [4.78, 5) is 0. The maximum Gasteiger partial charge on any atom is 0.169 e. The average Bonchev–Trinajstić information content (AvgIpc) is 2.62. The Kier molecular flexibility index (Phi) is 1.97. The summed E-state index contributed by atoms with van der Waals surface area (Å²) in [5.41, 5.74) is 1.22. The summed E-state index contributed by atoms with van der Waals surface area (Å²) in [5.74, 6) is 0.298. The van der Waals surface area contributed by atoms with Crippen LogP contribution in [0, 0.1) is 5.92 Å². The molecule has 2 heteroatoms. The van der Waals surface area contributed by atoms with Crippen molar-refractivity contribution in [3.8, 4) is 0 Å². The first kappa shape index (κ1) is 8.27. The van der Waals surface area contributed by atoms with Crippen molar-refractivity contribution in [2.75, 3.05) is 13.2 Å². The molecule has 2 aliphatic rings. The standard InChI is InChI=1S/C10H16O2/c1-8(2)9-6-10(12-7-9)4-3-5-11-10/h9H,1,3-7H2,2H3/t9-,10?/m1/s1. The van der Waals surface area contributed by atoms with Gasteiger partial charge in [0.05, 0.1) is 13.2 Å². The Labute approximate surface area is 73.5 Å². The molecule has 2 fully saturated rings. The summed E-state index contributed by atoms with van der Waals surface area (Å²) in [5, 5.41) is 0. The highest BCUT2D eigenvalue weighted by molar-refractivity contribution is 5.02. The highest BCUT2D eigenvalue weighted by Crippen LogP contribution is 2.40. The van der Waals surface area contributed by atoms with Crippen molar-refractivity contribution in [1.82, 2.24) is 0 Å². The van der Waals surface area contributed by atoms with Crippen LogP contribution in [0.1, 0.15) is 26.2 Å². The van der Waals surface area contributed by atoms with Crippen LogP contribution in [0.2, 0.25) is 0 Å². The maximum atomic E-state index is 5.69. The molecule has 68 valence electrons. The zero-order valence-corrected chi connectivity index (χ0v) is 7.64. The molecule has 0 bridgehead atoms. The molecule has 0 aromatic heterocycles. The highest BCUT2D eigenvalue weighted by Gasteiger charge is 2.43. The Morgan fingerprint density at radius 1 is 1.50 bits per heavy atom. The second kappa shape index (κ2) is 2.86. The molecule has 2 rings (SSSR count). The lowest BCUT2D eigenvalue weighted by Crippen LogP contribution is -2.25. The van der Waals surface area contributed by atoms with Gasteiger partial charge in [-0.05, 0) is 13.3 Å². The Hall–Kier alpha value is -0.340. The Balaban J connectivity index is 2.01. The van der Waals surface area contributed by atoms with Crippen LogP contribution in [0.25, 0.3) is 0 Å². The predicted molar refractivity (Wildman–Crippen MR) is 46.8 cm³/mol. The molecular weight excluding hydrogens is 152 g/mol. The van der Waals surface area contributed by atoms with Gasteiger partial charge < -0.3 is 9.47 Å². The van der Waals surface area contributed by atoms with E-state index in [9.17, 15) is 0 Å². The smallest absolute Gasteiger partial charge is 0.169 e. The zero-order valence-electron chi connectivity index (χ0n) is 7.64. The van der Waals surface area contributed by atoms with E-state index in [1.807, 2.05) is 0 Å². The van der Waals surface area contributed by atoms with Crippen molar-refractivity contribution in [2.45, 2.75) is 32.0 Å². The Morgan fingerprint density at radius 2 is 2.33 bits per heavy atom. The van der Waals surface area contributed by atoms with Gasteiger partial charge in [-0.2, -0.15) is 0 Å². The average molecular weight is 168 g/mol. The molecule has 2 heterocycles. The second-order valence-electron chi connectivity index (χ2n) is 3.92. The van der Waals surface area contributed by atoms with Crippen LogP contribution >= 0.6 is 0 Å². The van der Waals surface area contributed by atoms with E-state index in [0.717, 1.165) is 32.5 Å². The summed E-state index contributed by atoms with van der Waals surface area (Å²) in [6.45, 7) is 7.69. The molecular formula is C10H16O2. The van der Waals surface area contributed by atoms with E-state index < -0.39 is 0 Å². The highest BCUT2D eigenvalue weighted by atomic mass is 16.7. The third-order valence-electron chi connectivity index (χ3n) is 2.87. The van der Waals surface area contributed by atoms with E-state index in [1.165, 1.54) is 5.57 Å². The molecule has 0 saturated carbocycles. The van der Waals surface area contributed by atoms with Crippen LogP contribution in [-0.4, -0.2) is 19.0 Å². The third-order valence-corrected chi connectivity index (χ3v) is 2.87. The van der Waals surface area contributed by atoms with Gasteiger partial charge in [-0.25, -0.2) is 0 Å². The molecule has 2 nitrogen and oxygen atoms in total. The quantitative estimate of drug-likeness (QED) is 0.558. The molecule has 0 amide bonds. The van der Waals surface area contributed by atoms with E-state index in [-0.39, 0.29) is 5.79 Å². The summed E-state index contributed by atoms with van der Waals surface area (Å²) in [7, 11) is 0. The zero-order chi connectivity index (χ0) is 8.60. The van der Waals surface area contributed by atoms with E-state index in [2.05, 4.69) is 13.5 Å². The summed E-state index contributed by atoms with van der Waals surface area (Å²) >= 11 is 0. The fourth-order valence-corrected chi connectivity index (χ4v) is 2.01. The molecule has 1 spiro atoms. The maximum absolute atomic E-state index is 5.69. The van der Waals surface area contributed by atoms with Crippen LogP contribution in [0.15, 0.2) is 12.2 Å². The number of hydrogen-bond acceptors (Lipinski definition) is 2. The lowest BCUT2D eigenvalue weighted by molar-refractivity contribution is -0.178. The fourth-order valence-electron chi connectivity index (χ4n) is 2.01. The first-order valence-electron chi connectivity index (χ1n) is 4.65. The van der Waals surface area contributed by atoms with Crippen LogP contribution in [-0.2, 0) is 9.47 Å². The van der Waals surface area contributed by atoms with Crippen molar-refractivity contribution in [3.63, 3.8) is 0 Å². The van der Waals surface area contributed by atoms with Gasteiger partial charge >= 0.3 is 0 Å². The molecule has 1 unspecified atom stereocenters. The minimum atomic E-state index is -0.219.